The summed E-state index contributed by atoms with van der Waals surface area (Å²) >= 11 is 16.7. The van der Waals surface area contributed by atoms with Crippen molar-refractivity contribution >= 4 is 62.5 Å². The Balaban J connectivity index is 1.60. The summed E-state index contributed by atoms with van der Waals surface area (Å²) < 4.78 is 21.4. The lowest BCUT2D eigenvalue weighted by Gasteiger charge is -2.10. The maximum Gasteiger partial charge on any atom is 0.234 e. The summed E-state index contributed by atoms with van der Waals surface area (Å²) in [7, 11) is 0. The Morgan fingerprint density at radius 3 is 2.73 bits per heavy atom. The fraction of sp³-hybridized carbons (Fsp3) is 0.211. The summed E-state index contributed by atoms with van der Waals surface area (Å²) in [4.78, 5) is 12.3. The summed E-state index contributed by atoms with van der Waals surface area (Å²) in [6, 6.07) is 9.12. The first-order valence-electron chi connectivity index (χ1n) is 8.75. The number of nitrogens with zero attached hydrogens (tertiary/aromatic N) is 3. The Morgan fingerprint density at radius 1 is 1.23 bits per heavy atom. The topological polar surface area (TPSA) is 69.0 Å². The highest BCUT2D eigenvalue weighted by Crippen LogP contribution is 2.27. The third kappa shape index (κ3) is 5.87. The third-order valence-corrected chi connectivity index (χ3v) is 5.97. The van der Waals surface area contributed by atoms with Gasteiger partial charge in [0.1, 0.15) is 18.2 Å². The summed E-state index contributed by atoms with van der Waals surface area (Å²) in [5.74, 6) is 0.395. The lowest BCUT2D eigenvalue weighted by Crippen LogP contribution is -2.15. The number of nitrogens with one attached hydrogen (secondary N) is 1. The molecule has 0 unspecified atom stereocenters. The minimum atomic E-state index is -0.439. The van der Waals surface area contributed by atoms with Gasteiger partial charge in [-0.2, -0.15) is 0 Å². The van der Waals surface area contributed by atoms with Crippen LogP contribution in [0.4, 0.5) is 10.1 Å². The molecule has 3 rings (SSSR count). The van der Waals surface area contributed by atoms with E-state index in [1.807, 2.05) is 11.5 Å². The molecule has 0 aliphatic heterocycles. The van der Waals surface area contributed by atoms with E-state index in [0.717, 1.165) is 4.47 Å². The Labute approximate surface area is 195 Å². The average molecular weight is 534 g/mol. The van der Waals surface area contributed by atoms with Crippen LogP contribution < -0.4 is 10.1 Å². The van der Waals surface area contributed by atoms with Crippen molar-refractivity contribution < 1.29 is 13.9 Å². The first-order chi connectivity index (χ1) is 14.4. The molecule has 1 heterocycles. The van der Waals surface area contributed by atoms with Crippen LogP contribution >= 0.6 is 50.9 Å². The number of carbonyl (C=O) groups is 1. The number of hydrogen-bond acceptors (Lipinski definition) is 5. The van der Waals surface area contributed by atoms with E-state index in [-0.39, 0.29) is 23.3 Å². The van der Waals surface area contributed by atoms with Crippen LogP contribution in [0.25, 0.3) is 0 Å². The molecular formula is C19H16BrCl2FN4O2S. The number of rotatable bonds is 8. The van der Waals surface area contributed by atoms with Gasteiger partial charge in [-0.1, -0.05) is 50.9 Å². The first-order valence-corrected chi connectivity index (χ1v) is 11.3. The van der Waals surface area contributed by atoms with Gasteiger partial charge < -0.3 is 14.6 Å². The van der Waals surface area contributed by atoms with Crippen molar-refractivity contribution in [2.75, 3.05) is 11.1 Å². The van der Waals surface area contributed by atoms with Gasteiger partial charge in [0.2, 0.25) is 5.91 Å². The molecule has 1 amide bonds. The molecule has 3 aromatic rings. The van der Waals surface area contributed by atoms with Gasteiger partial charge in [-0.3, -0.25) is 4.79 Å². The number of amides is 1. The maximum absolute atomic E-state index is 13.1. The molecule has 0 radical (unpaired) electrons. The zero-order chi connectivity index (χ0) is 21.7. The van der Waals surface area contributed by atoms with Gasteiger partial charge in [-0.25, -0.2) is 4.39 Å². The second-order valence-electron chi connectivity index (χ2n) is 5.97. The van der Waals surface area contributed by atoms with Gasteiger partial charge in [0.05, 0.1) is 21.5 Å². The van der Waals surface area contributed by atoms with Crippen molar-refractivity contribution in [3.63, 3.8) is 0 Å². The number of hydrogen-bond donors (Lipinski definition) is 1. The largest absolute Gasteiger partial charge is 0.484 e. The van der Waals surface area contributed by atoms with Crippen LogP contribution in [0.5, 0.6) is 5.75 Å². The van der Waals surface area contributed by atoms with Gasteiger partial charge in [0.15, 0.2) is 11.0 Å². The third-order valence-electron chi connectivity index (χ3n) is 3.90. The fourth-order valence-electron chi connectivity index (χ4n) is 2.49. The highest BCUT2D eigenvalue weighted by Gasteiger charge is 2.15. The zero-order valence-corrected chi connectivity index (χ0v) is 19.6. The predicted octanol–water partition coefficient (Wildman–Crippen LogP) is 5.82. The number of aromatic nitrogens is 3. The van der Waals surface area contributed by atoms with Gasteiger partial charge in [0, 0.05) is 11.0 Å². The lowest BCUT2D eigenvalue weighted by molar-refractivity contribution is -0.113. The Bertz CT molecular complexity index is 1070. The monoisotopic (exact) mass is 532 g/mol. The molecule has 0 atom stereocenters. The second-order valence-corrected chi connectivity index (χ2v) is 8.64. The molecule has 0 aliphatic rings. The van der Waals surface area contributed by atoms with Crippen molar-refractivity contribution in [1.82, 2.24) is 14.8 Å². The Kier molecular flexibility index (Phi) is 7.99. The van der Waals surface area contributed by atoms with Crippen LogP contribution in [0.2, 0.25) is 10.0 Å². The molecule has 2 aromatic carbocycles. The van der Waals surface area contributed by atoms with Crippen molar-refractivity contribution in [2.24, 2.45) is 0 Å². The first kappa shape index (κ1) is 22.9. The normalized spacial score (nSPS) is 10.8. The van der Waals surface area contributed by atoms with Crippen molar-refractivity contribution in [3.05, 3.63) is 62.6 Å². The average Bonchev–Trinajstić information content (AvgIpc) is 3.09. The van der Waals surface area contributed by atoms with E-state index in [0.29, 0.717) is 34.0 Å². The standard InChI is InChI=1S/C19H16BrCl2FN4O2S/c1-2-27-17(9-29-16-6-4-12(23)8-14(16)22)25-26-19(27)30-10-18(28)24-15-5-3-11(20)7-13(15)21/h3-8H,2,9-10H2,1H3,(H,24,28). The van der Waals surface area contributed by atoms with E-state index in [1.165, 1.54) is 30.0 Å². The maximum atomic E-state index is 13.1. The fourth-order valence-corrected chi connectivity index (χ4v) is 4.26. The number of benzene rings is 2. The van der Waals surface area contributed by atoms with E-state index in [4.69, 9.17) is 27.9 Å². The molecule has 1 aromatic heterocycles. The van der Waals surface area contributed by atoms with Crippen LogP contribution in [-0.2, 0) is 17.9 Å². The quantitative estimate of drug-likeness (QED) is 0.370. The smallest absolute Gasteiger partial charge is 0.234 e. The van der Waals surface area contributed by atoms with E-state index < -0.39 is 5.82 Å². The van der Waals surface area contributed by atoms with Gasteiger partial charge in [-0.05, 0) is 43.3 Å². The molecule has 0 bridgehead atoms. The summed E-state index contributed by atoms with van der Waals surface area (Å²) in [5.41, 5.74) is 0.535. The summed E-state index contributed by atoms with van der Waals surface area (Å²) in [6.07, 6.45) is 0. The molecule has 158 valence electrons. The Hall–Kier alpha value is -1.81. The molecule has 0 aliphatic carbocycles. The highest BCUT2D eigenvalue weighted by atomic mass is 79.9. The van der Waals surface area contributed by atoms with Crippen molar-refractivity contribution in [1.29, 1.82) is 0 Å². The minimum Gasteiger partial charge on any atom is -0.484 e. The van der Waals surface area contributed by atoms with Crippen LogP contribution in [0.1, 0.15) is 12.7 Å². The number of thioether (sulfide) groups is 1. The second kappa shape index (κ2) is 10.5. The predicted molar refractivity (Wildman–Crippen MR) is 120 cm³/mol. The van der Waals surface area contributed by atoms with E-state index >= 15 is 0 Å². The summed E-state index contributed by atoms with van der Waals surface area (Å²) in [5, 5.41) is 12.2. The van der Waals surface area contributed by atoms with Gasteiger partial charge in [-0.15, -0.1) is 10.2 Å². The summed E-state index contributed by atoms with van der Waals surface area (Å²) in [6.45, 7) is 2.63. The number of halogens is 4. The molecule has 0 saturated heterocycles. The van der Waals surface area contributed by atoms with Crippen LogP contribution in [0.15, 0.2) is 46.0 Å². The van der Waals surface area contributed by atoms with Crippen LogP contribution in [-0.4, -0.2) is 26.4 Å². The van der Waals surface area contributed by atoms with E-state index in [9.17, 15) is 9.18 Å². The minimum absolute atomic E-state index is 0.105. The van der Waals surface area contributed by atoms with E-state index in [2.05, 4.69) is 31.4 Å². The van der Waals surface area contributed by atoms with E-state index in [1.54, 1.807) is 18.2 Å². The molecule has 30 heavy (non-hydrogen) atoms. The van der Waals surface area contributed by atoms with Gasteiger partial charge in [0.25, 0.3) is 0 Å². The molecule has 11 heteroatoms. The molecular weight excluding hydrogens is 518 g/mol. The van der Waals surface area contributed by atoms with Crippen LogP contribution in [0, 0.1) is 5.82 Å². The number of ether oxygens (including phenoxy) is 1. The molecule has 6 nitrogen and oxygen atoms in total. The molecule has 0 spiro atoms. The molecule has 1 N–H and O–H groups in total. The van der Waals surface area contributed by atoms with Crippen molar-refractivity contribution in [2.45, 2.75) is 25.2 Å². The lowest BCUT2D eigenvalue weighted by atomic mass is 10.3. The molecule has 0 fully saturated rings. The highest BCUT2D eigenvalue weighted by molar-refractivity contribution is 9.10. The van der Waals surface area contributed by atoms with Crippen LogP contribution in [0.3, 0.4) is 0 Å². The number of anilines is 1. The Morgan fingerprint density at radius 2 is 2.03 bits per heavy atom. The zero-order valence-electron chi connectivity index (χ0n) is 15.7. The number of carbonyl (C=O) groups excluding carboxylic acids is 1. The van der Waals surface area contributed by atoms with Gasteiger partial charge >= 0.3 is 0 Å². The molecule has 0 saturated carbocycles. The van der Waals surface area contributed by atoms with Crippen molar-refractivity contribution in [3.8, 4) is 5.75 Å². The SMILES string of the molecule is CCn1c(COc2ccc(F)cc2Cl)nnc1SCC(=O)Nc1ccc(Br)cc1Cl.